The summed E-state index contributed by atoms with van der Waals surface area (Å²) in [7, 11) is 0. The van der Waals surface area contributed by atoms with Crippen molar-refractivity contribution in [1.82, 2.24) is 0 Å². The first-order valence-corrected chi connectivity index (χ1v) is 4.69. The lowest BCUT2D eigenvalue weighted by Crippen LogP contribution is -1.99. The molecule has 0 heterocycles. The molecule has 1 fully saturated rings. The van der Waals surface area contributed by atoms with Crippen LogP contribution in [0.15, 0.2) is 18.2 Å². The van der Waals surface area contributed by atoms with Gasteiger partial charge in [0.15, 0.2) is 0 Å². The fourth-order valence-electron chi connectivity index (χ4n) is 1.38. The van der Waals surface area contributed by atoms with E-state index in [9.17, 15) is 9.50 Å². The van der Waals surface area contributed by atoms with Crippen molar-refractivity contribution in [1.29, 1.82) is 0 Å². The van der Waals surface area contributed by atoms with Crippen molar-refractivity contribution < 1.29 is 9.50 Å². The van der Waals surface area contributed by atoms with E-state index < -0.39 is 11.9 Å². The first-order chi connectivity index (χ1) is 6.18. The summed E-state index contributed by atoms with van der Waals surface area (Å²) >= 11 is 5.60. The molecule has 0 saturated heterocycles. The van der Waals surface area contributed by atoms with Crippen LogP contribution in [-0.2, 0) is 0 Å². The van der Waals surface area contributed by atoms with Crippen molar-refractivity contribution in [3.8, 4) is 0 Å². The lowest BCUT2D eigenvalue weighted by molar-refractivity contribution is 0.154. The minimum absolute atomic E-state index is 0.0807. The van der Waals surface area contributed by atoms with Gasteiger partial charge in [-0.2, -0.15) is 0 Å². The van der Waals surface area contributed by atoms with Crippen LogP contribution in [-0.4, -0.2) is 5.11 Å². The molecule has 3 heteroatoms. The summed E-state index contributed by atoms with van der Waals surface area (Å²) in [6.45, 7) is 0. The van der Waals surface area contributed by atoms with Gasteiger partial charge < -0.3 is 5.11 Å². The van der Waals surface area contributed by atoms with Gasteiger partial charge in [-0.1, -0.05) is 17.7 Å². The Morgan fingerprint density at radius 1 is 1.46 bits per heavy atom. The van der Waals surface area contributed by atoms with E-state index in [1.54, 1.807) is 6.07 Å². The highest BCUT2D eigenvalue weighted by Crippen LogP contribution is 2.41. The number of halogens is 2. The molecule has 1 aliphatic rings. The summed E-state index contributed by atoms with van der Waals surface area (Å²) in [5.74, 6) is -0.0880. The lowest BCUT2D eigenvalue weighted by atomic mass is 10.1. The Bertz CT molecular complexity index is 323. The molecule has 1 unspecified atom stereocenters. The van der Waals surface area contributed by atoms with Crippen LogP contribution in [0.3, 0.4) is 0 Å². The predicted octanol–water partition coefficient (Wildman–Crippen LogP) is 2.92. The van der Waals surface area contributed by atoms with E-state index in [-0.39, 0.29) is 5.02 Å². The van der Waals surface area contributed by atoms with Gasteiger partial charge in [0.2, 0.25) is 0 Å². The molecule has 1 aromatic rings. The van der Waals surface area contributed by atoms with Crippen molar-refractivity contribution in [2.24, 2.45) is 5.92 Å². The maximum atomic E-state index is 12.8. The van der Waals surface area contributed by atoms with Gasteiger partial charge in [-0.05, 0) is 36.5 Å². The molecule has 0 amide bonds. The van der Waals surface area contributed by atoms with Gasteiger partial charge in [-0.3, -0.25) is 0 Å². The highest BCUT2D eigenvalue weighted by Gasteiger charge is 2.30. The van der Waals surface area contributed by atoms with Gasteiger partial charge in [0, 0.05) is 0 Å². The van der Waals surface area contributed by atoms with Crippen LogP contribution in [0.25, 0.3) is 0 Å². The first-order valence-electron chi connectivity index (χ1n) is 4.31. The molecular formula is C10H10ClFO. The highest BCUT2D eigenvalue weighted by atomic mass is 35.5. The Morgan fingerprint density at radius 2 is 2.15 bits per heavy atom. The van der Waals surface area contributed by atoms with Gasteiger partial charge in [0.1, 0.15) is 5.82 Å². The van der Waals surface area contributed by atoms with Crippen LogP contribution in [0.2, 0.25) is 5.02 Å². The number of aliphatic hydroxyl groups is 1. The Hall–Kier alpha value is -0.600. The SMILES string of the molecule is OC(c1ccc(F)c(Cl)c1)C1CC1. The Morgan fingerprint density at radius 3 is 2.69 bits per heavy atom. The minimum atomic E-state index is -0.474. The highest BCUT2D eigenvalue weighted by molar-refractivity contribution is 6.30. The Kier molecular flexibility index (Phi) is 2.26. The largest absolute Gasteiger partial charge is 0.388 e. The molecule has 1 aromatic carbocycles. The molecule has 0 aliphatic heterocycles. The molecule has 1 nitrogen and oxygen atoms in total. The zero-order valence-corrected chi connectivity index (χ0v) is 7.76. The van der Waals surface area contributed by atoms with Crippen molar-refractivity contribution in [2.75, 3.05) is 0 Å². The molecule has 1 N–H and O–H groups in total. The third kappa shape index (κ3) is 1.84. The second-order valence-corrected chi connectivity index (χ2v) is 3.86. The maximum Gasteiger partial charge on any atom is 0.141 e. The molecule has 70 valence electrons. The van der Waals surface area contributed by atoms with Crippen molar-refractivity contribution >= 4 is 11.6 Å². The van der Waals surface area contributed by atoms with Gasteiger partial charge in [0.25, 0.3) is 0 Å². The normalized spacial score (nSPS) is 18.7. The Labute approximate surface area is 81.1 Å². The molecule has 1 aliphatic carbocycles. The zero-order chi connectivity index (χ0) is 9.42. The van der Waals surface area contributed by atoms with E-state index in [2.05, 4.69) is 0 Å². The summed E-state index contributed by atoms with van der Waals surface area (Å²) in [4.78, 5) is 0. The van der Waals surface area contributed by atoms with Gasteiger partial charge in [-0.25, -0.2) is 4.39 Å². The number of aliphatic hydroxyl groups excluding tert-OH is 1. The van der Waals surface area contributed by atoms with Crippen LogP contribution >= 0.6 is 11.6 Å². The molecule has 0 radical (unpaired) electrons. The van der Waals surface area contributed by atoms with Crippen LogP contribution in [0.4, 0.5) is 4.39 Å². The predicted molar refractivity (Wildman–Crippen MR) is 49.1 cm³/mol. The molecule has 13 heavy (non-hydrogen) atoms. The quantitative estimate of drug-likeness (QED) is 0.779. The zero-order valence-electron chi connectivity index (χ0n) is 7.00. The summed E-state index contributed by atoms with van der Waals surface area (Å²) in [5, 5.41) is 9.78. The van der Waals surface area contributed by atoms with Gasteiger partial charge in [0.05, 0.1) is 11.1 Å². The monoisotopic (exact) mass is 200 g/mol. The van der Waals surface area contributed by atoms with Crippen LogP contribution in [0, 0.1) is 11.7 Å². The van der Waals surface area contributed by atoms with Crippen LogP contribution in [0.1, 0.15) is 24.5 Å². The average Bonchev–Trinajstić information content (AvgIpc) is 2.91. The van der Waals surface area contributed by atoms with E-state index in [0.29, 0.717) is 11.5 Å². The van der Waals surface area contributed by atoms with Crippen molar-refractivity contribution in [2.45, 2.75) is 18.9 Å². The number of benzene rings is 1. The lowest BCUT2D eigenvalue weighted by Gasteiger charge is -2.09. The van der Waals surface area contributed by atoms with Gasteiger partial charge >= 0.3 is 0 Å². The van der Waals surface area contributed by atoms with E-state index in [4.69, 9.17) is 11.6 Å². The number of hydrogen-bond donors (Lipinski definition) is 1. The second kappa shape index (κ2) is 3.28. The smallest absolute Gasteiger partial charge is 0.141 e. The van der Waals surface area contributed by atoms with E-state index in [1.165, 1.54) is 12.1 Å². The fourth-order valence-corrected chi connectivity index (χ4v) is 1.57. The third-order valence-electron chi connectivity index (χ3n) is 2.35. The van der Waals surface area contributed by atoms with E-state index in [0.717, 1.165) is 12.8 Å². The first kappa shape index (κ1) is 8.97. The summed E-state index contributed by atoms with van der Waals surface area (Å²) in [5.41, 5.74) is 0.717. The van der Waals surface area contributed by atoms with E-state index in [1.807, 2.05) is 0 Å². The van der Waals surface area contributed by atoms with Gasteiger partial charge in [-0.15, -0.1) is 0 Å². The third-order valence-corrected chi connectivity index (χ3v) is 2.64. The molecule has 1 saturated carbocycles. The summed E-state index contributed by atoms with van der Waals surface area (Å²) < 4.78 is 12.8. The maximum absolute atomic E-state index is 12.8. The molecule has 0 spiro atoms. The van der Waals surface area contributed by atoms with Crippen molar-refractivity contribution in [3.63, 3.8) is 0 Å². The molecule has 1 atom stereocenters. The summed E-state index contributed by atoms with van der Waals surface area (Å²) in [6, 6.07) is 4.38. The molecule has 2 rings (SSSR count). The van der Waals surface area contributed by atoms with E-state index >= 15 is 0 Å². The van der Waals surface area contributed by atoms with Crippen LogP contribution < -0.4 is 0 Å². The second-order valence-electron chi connectivity index (χ2n) is 3.46. The topological polar surface area (TPSA) is 20.2 Å². The minimum Gasteiger partial charge on any atom is -0.388 e. The Balaban J connectivity index is 2.24. The molecule has 0 aromatic heterocycles. The number of rotatable bonds is 2. The average molecular weight is 201 g/mol. The van der Waals surface area contributed by atoms with Crippen molar-refractivity contribution in [3.05, 3.63) is 34.6 Å². The van der Waals surface area contributed by atoms with Crippen LogP contribution in [0.5, 0.6) is 0 Å². The standard InChI is InChI=1S/C10H10ClFO/c11-8-5-7(3-4-9(8)12)10(13)6-1-2-6/h3-6,10,13H,1-2H2. The molecular weight excluding hydrogens is 191 g/mol. The number of hydrogen-bond acceptors (Lipinski definition) is 1. The summed E-state index contributed by atoms with van der Waals surface area (Å²) in [6.07, 6.45) is 1.63. The fraction of sp³-hybridized carbons (Fsp3) is 0.400. The molecule has 0 bridgehead atoms.